The second-order valence-corrected chi connectivity index (χ2v) is 4.92. The van der Waals surface area contributed by atoms with Crippen LogP contribution in [0.4, 0.5) is 15.9 Å². The second kappa shape index (κ2) is 5.02. The third kappa shape index (κ3) is 2.96. The highest BCUT2D eigenvalue weighted by atomic mass is 79.9. The van der Waals surface area contributed by atoms with Crippen LogP contribution in [0.3, 0.4) is 0 Å². The van der Waals surface area contributed by atoms with Crippen LogP contribution in [0.5, 0.6) is 0 Å². The average Bonchev–Trinajstić information content (AvgIpc) is 2.25. The van der Waals surface area contributed by atoms with Crippen molar-refractivity contribution in [1.29, 1.82) is 0 Å². The van der Waals surface area contributed by atoms with E-state index in [2.05, 4.69) is 26.2 Å². The van der Waals surface area contributed by atoms with Crippen molar-refractivity contribution in [2.24, 2.45) is 0 Å². The average molecular weight is 316 g/mol. The Labute approximate surface area is 112 Å². The van der Waals surface area contributed by atoms with E-state index in [-0.39, 0.29) is 5.82 Å². The lowest BCUT2D eigenvalue weighted by Gasteiger charge is -2.08. The maximum atomic E-state index is 13.6. The first-order valence-electron chi connectivity index (χ1n) is 4.90. The van der Waals surface area contributed by atoms with Crippen LogP contribution in [-0.2, 0) is 0 Å². The predicted octanol–water partition coefficient (Wildman–Crippen LogP) is 4.69. The van der Waals surface area contributed by atoms with Crippen LogP contribution in [-0.4, -0.2) is 4.98 Å². The predicted molar refractivity (Wildman–Crippen MR) is 71.4 cm³/mol. The van der Waals surface area contributed by atoms with Crippen LogP contribution in [0.15, 0.2) is 34.9 Å². The number of pyridine rings is 1. The van der Waals surface area contributed by atoms with Crippen LogP contribution in [0.2, 0.25) is 5.02 Å². The van der Waals surface area contributed by atoms with Gasteiger partial charge in [0.15, 0.2) is 0 Å². The summed E-state index contributed by atoms with van der Waals surface area (Å²) in [4.78, 5) is 4.08. The maximum absolute atomic E-state index is 13.6. The molecule has 0 radical (unpaired) electrons. The summed E-state index contributed by atoms with van der Waals surface area (Å²) < 4.78 is 14.4. The second-order valence-electron chi connectivity index (χ2n) is 3.59. The molecule has 0 saturated carbocycles. The molecule has 17 heavy (non-hydrogen) atoms. The number of nitrogens with zero attached hydrogens (tertiary/aromatic N) is 1. The third-order valence-electron chi connectivity index (χ3n) is 2.19. The Hall–Kier alpha value is -1.13. The number of rotatable bonds is 2. The molecular formula is C12H9BrClFN2. The summed E-state index contributed by atoms with van der Waals surface area (Å²) in [5, 5.41) is 3.29. The van der Waals surface area contributed by atoms with Gasteiger partial charge >= 0.3 is 0 Å². The molecule has 1 aromatic heterocycles. The monoisotopic (exact) mass is 314 g/mol. The van der Waals surface area contributed by atoms with E-state index in [0.717, 1.165) is 10.0 Å². The number of hydrogen-bond acceptors (Lipinski definition) is 2. The standard InChI is InChI=1S/C12H9BrClFN2/c1-7-2-3-11(10(15)4-7)17-12-9(14)5-8(13)6-16-12/h2-6H,1H3,(H,16,17). The van der Waals surface area contributed by atoms with E-state index in [1.807, 2.05) is 13.0 Å². The molecule has 0 fully saturated rings. The first-order valence-corrected chi connectivity index (χ1v) is 6.07. The molecule has 0 aliphatic rings. The first-order chi connectivity index (χ1) is 8.06. The molecule has 0 amide bonds. The van der Waals surface area contributed by atoms with Crippen LogP contribution < -0.4 is 5.32 Å². The van der Waals surface area contributed by atoms with Crippen molar-refractivity contribution in [2.75, 3.05) is 5.32 Å². The van der Waals surface area contributed by atoms with Crippen LogP contribution >= 0.6 is 27.5 Å². The molecule has 0 aliphatic heterocycles. The number of aryl methyl sites for hydroxylation is 1. The summed E-state index contributed by atoms with van der Waals surface area (Å²) in [6.07, 6.45) is 1.60. The lowest BCUT2D eigenvalue weighted by Crippen LogP contribution is -1.97. The van der Waals surface area contributed by atoms with Crippen molar-refractivity contribution in [2.45, 2.75) is 6.92 Å². The molecule has 0 bridgehead atoms. The molecule has 0 aliphatic carbocycles. The van der Waals surface area contributed by atoms with Gasteiger partial charge in [-0.25, -0.2) is 9.37 Å². The molecule has 0 unspecified atom stereocenters. The molecular weight excluding hydrogens is 307 g/mol. The number of benzene rings is 1. The zero-order valence-electron chi connectivity index (χ0n) is 8.97. The normalized spacial score (nSPS) is 10.4. The zero-order chi connectivity index (χ0) is 12.4. The van der Waals surface area contributed by atoms with E-state index in [4.69, 9.17) is 11.6 Å². The Balaban J connectivity index is 2.31. The van der Waals surface area contributed by atoms with Gasteiger partial charge in [0.25, 0.3) is 0 Å². The quantitative estimate of drug-likeness (QED) is 0.869. The molecule has 1 N–H and O–H groups in total. The van der Waals surface area contributed by atoms with Gasteiger partial charge in [0, 0.05) is 10.7 Å². The van der Waals surface area contributed by atoms with Crippen molar-refractivity contribution in [3.05, 3.63) is 51.3 Å². The number of hydrogen-bond donors (Lipinski definition) is 1. The molecule has 0 spiro atoms. The van der Waals surface area contributed by atoms with Crippen LogP contribution in [0.1, 0.15) is 5.56 Å². The lowest BCUT2D eigenvalue weighted by molar-refractivity contribution is 0.630. The minimum absolute atomic E-state index is 0.328. The smallest absolute Gasteiger partial charge is 0.149 e. The summed E-state index contributed by atoms with van der Waals surface area (Å²) in [6.45, 7) is 1.83. The number of nitrogens with one attached hydrogen (secondary N) is 1. The van der Waals surface area contributed by atoms with Gasteiger partial charge in [0.1, 0.15) is 11.6 Å². The molecule has 2 rings (SSSR count). The van der Waals surface area contributed by atoms with Gasteiger partial charge in [-0.15, -0.1) is 0 Å². The highest BCUT2D eigenvalue weighted by molar-refractivity contribution is 9.10. The highest BCUT2D eigenvalue weighted by Crippen LogP contribution is 2.27. The van der Waals surface area contributed by atoms with Gasteiger partial charge in [0.05, 0.1) is 10.7 Å². The van der Waals surface area contributed by atoms with Gasteiger partial charge in [-0.1, -0.05) is 17.7 Å². The van der Waals surface area contributed by atoms with Crippen molar-refractivity contribution in [1.82, 2.24) is 4.98 Å². The van der Waals surface area contributed by atoms with E-state index in [0.29, 0.717) is 16.5 Å². The third-order valence-corrected chi connectivity index (χ3v) is 2.91. The van der Waals surface area contributed by atoms with Crippen molar-refractivity contribution >= 4 is 39.0 Å². The number of anilines is 2. The SMILES string of the molecule is Cc1ccc(Nc2ncc(Br)cc2Cl)c(F)c1. The fourth-order valence-corrected chi connectivity index (χ4v) is 2.03. The molecule has 2 nitrogen and oxygen atoms in total. The van der Waals surface area contributed by atoms with Gasteiger partial charge in [-0.3, -0.25) is 0 Å². The topological polar surface area (TPSA) is 24.9 Å². The fraction of sp³-hybridized carbons (Fsp3) is 0.0833. The summed E-state index contributed by atoms with van der Waals surface area (Å²) in [5.41, 5.74) is 1.22. The van der Waals surface area contributed by atoms with Crippen molar-refractivity contribution in [3.8, 4) is 0 Å². The summed E-state index contributed by atoms with van der Waals surface area (Å²) in [5.74, 6) is 0.100. The van der Waals surface area contributed by atoms with E-state index in [9.17, 15) is 4.39 Å². The Morgan fingerprint density at radius 2 is 2.12 bits per heavy atom. The Morgan fingerprint density at radius 3 is 2.76 bits per heavy atom. The van der Waals surface area contributed by atoms with Crippen molar-refractivity contribution < 1.29 is 4.39 Å². The summed E-state index contributed by atoms with van der Waals surface area (Å²) in [7, 11) is 0. The summed E-state index contributed by atoms with van der Waals surface area (Å²) in [6, 6.07) is 6.63. The Morgan fingerprint density at radius 1 is 1.35 bits per heavy atom. The molecule has 1 aromatic carbocycles. The summed E-state index contributed by atoms with van der Waals surface area (Å²) >= 11 is 9.24. The van der Waals surface area contributed by atoms with Gasteiger partial charge in [-0.2, -0.15) is 0 Å². The zero-order valence-corrected chi connectivity index (χ0v) is 11.3. The highest BCUT2D eigenvalue weighted by Gasteiger charge is 2.06. The molecule has 2 aromatic rings. The Kier molecular flexibility index (Phi) is 3.64. The molecule has 0 atom stereocenters. The van der Waals surface area contributed by atoms with E-state index >= 15 is 0 Å². The molecule has 5 heteroatoms. The van der Waals surface area contributed by atoms with Crippen molar-refractivity contribution in [3.63, 3.8) is 0 Å². The minimum Gasteiger partial charge on any atom is -0.337 e. The largest absolute Gasteiger partial charge is 0.337 e. The molecule has 1 heterocycles. The van der Waals surface area contributed by atoms with Gasteiger partial charge in [-0.05, 0) is 46.6 Å². The van der Waals surface area contributed by atoms with Gasteiger partial charge < -0.3 is 5.32 Å². The van der Waals surface area contributed by atoms with Crippen LogP contribution in [0.25, 0.3) is 0 Å². The molecule has 88 valence electrons. The Bertz CT molecular complexity index is 511. The van der Waals surface area contributed by atoms with E-state index in [1.165, 1.54) is 6.07 Å². The lowest BCUT2D eigenvalue weighted by atomic mass is 10.2. The first kappa shape index (κ1) is 12.3. The number of aromatic nitrogens is 1. The number of halogens is 3. The van der Waals surface area contributed by atoms with E-state index < -0.39 is 0 Å². The minimum atomic E-state index is -0.328. The van der Waals surface area contributed by atoms with Gasteiger partial charge in [0.2, 0.25) is 0 Å². The maximum Gasteiger partial charge on any atom is 0.149 e. The van der Waals surface area contributed by atoms with Crippen LogP contribution in [0, 0.1) is 12.7 Å². The molecule has 0 saturated heterocycles. The fourth-order valence-electron chi connectivity index (χ4n) is 1.36. The van der Waals surface area contributed by atoms with E-state index in [1.54, 1.807) is 18.3 Å².